The molecule has 3 N–H and O–H groups in total. The molecule has 0 bridgehead atoms. The number of hydrogen-bond acceptors (Lipinski definition) is 3. The maximum Gasteiger partial charge on any atom is 0.241 e. The largest absolute Gasteiger partial charge is 0.330 e. The van der Waals surface area contributed by atoms with Crippen LogP contribution in [-0.2, 0) is 10.0 Å². The van der Waals surface area contributed by atoms with E-state index >= 15 is 0 Å². The Morgan fingerprint density at radius 2 is 1.65 bits per heavy atom. The molecule has 0 aliphatic rings. The first kappa shape index (κ1) is 17.1. The van der Waals surface area contributed by atoms with Gasteiger partial charge in [-0.15, -0.1) is 0 Å². The van der Waals surface area contributed by atoms with Crippen LogP contribution in [0.2, 0.25) is 0 Å². The van der Waals surface area contributed by atoms with Gasteiger partial charge in [0.25, 0.3) is 0 Å². The van der Waals surface area contributed by atoms with Crippen molar-refractivity contribution in [3.63, 3.8) is 0 Å². The first-order chi connectivity index (χ1) is 9.38. The second-order valence-electron chi connectivity index (χ2n) is 4.97. The summed E-state index contributed by atoms with van der Waals surface area (Å²) in [4.78, 5) is 0.181. The maximum absolute atomic E-state index is 13.2. The Morgan fingerprint density at radius 3 is 2.20 bits per heavy atom. The number of rotatable bonds is 8. The minimum atomic E-state index is -3.57. The highest BCUT2D eigenvalue weighted by molar-refractivity contribution is 7.89. The molecule has 0 fully saturated rings. The topological polar surface area (TPSA) is 72.2 Å². The van der Waals surface area contributed by atoms with E-state index in [1.54, 1.807) is 13.8 Å². The molecule has 0 saturated carbocycles. The summed E-state index contributed by atoms with van der Waals surface area (Å²) in [7, 11) is -3.57. The van der Waals surface area contributed by atoms with Gasteiger partial charge in [-0.1, -0.05) is 12.8 Å². The SMILES string of the molecule is Cc1cc(F)cc(C)c1S(=O)(=O)NCCCCCCN. The van der Waals surface area contributed by atoms with Crippen molar-refractivity contribution in [2.24, 2.45) is 5.73 Å². The maximum atomic E-state index is 13.2. The van der Waals surface area contributed by atoms with Crippen molar-refractivity contribution in [1.29, 1.82) is 0 Å². The van der Waals surface area contributed by atoms with Gasteiger partial charge in [0.15, 0.2) is 0 Å². The summed E-state index contributed by atoms with van der Waals surface area (Å²) in [5.74, 6) is -0.416. The van der Waals surface area contributed by atoms with E-state index in [0.29, 0.717) is 24.2 Å². The Kier molecular flexibility index (Phi) is 6.58. The van der Waals surface area contributed by atoms with E-state index in [-0.39, 0.29) is 4.90 Å². The van der Waals surface area contributed by atoms with Crippen molar-refractivity contribution >= 4 is 10.0 Å². The van der Waals surface area contributed by atoms with Gasteiger partial charge >= 0.3 is 0 Å². The van der Waals surface area contributed by atoms with E-state index in [1.807, 2.05) is 0 Å². The monoisotopic (exact) mass is 302 g/mol. The highest BCUT2D eigenvalue weighted by Gasteiger charge is 2.19. The summed E-state index contributed by atoms with van der Waals surface area (Å²) < 4.78 is 40.2. The fourth-order valence-corrected chi connectivity index (χ4v) is 3.75. The van der Waals surface area contributed by atoms with Gasteiger partial charge in [-0.25, -0.2) is 17.5 Å². The number of benzene rings is 1. The Hall–Kier alpha value is -0.980. The number of hydrogen-bond donors (Lipinski definition) is 2. The zero-order valence-electron chi connectivity index (χ0n) is 12.1. The van der Waals surface area contributed by atoms with Gasteiger partial charge in [-0.3, -0.25) is 0 Å². The zero-order valence-corrected chi connectivity index (χ0v) is 12.9. The van der Waals surface area contributed by atoms with E-state index in [2.05, 4.69) is 4.72 Å². The Balaban J connectivity index is 2.66. The highest BCUT2D eigenvalue weighted by Crippen LogP contribution is 2.21. The molecular weight excluding hydrogens is 279 g/mol. The van der Waals surface area contributed by atoms with Gasteiger partial charge in [0, 0.05) is 6.54 Å². The molecule has 1 aromatic carbocycles. The van der Waals surface area contributed by atoms with Crippen LogP contribution in [0.4, 0.5) is 4.39 Å². The molecular formula is C14H23FN2O2S. The second-order valence-corrected chi connectivity index (χ2v) is 6.67. The highest BCUT2D eigenvalue weighted by atomic mass is 32.2. The van der Waals surface area contributed by atoms with Crippen molar-refractivity contribution in [2.75, 3.05) is 13.1 Å². The average molecular weight is 302 g/mol. The van der Waals surface area contributed by atoms with Gasteiger partial charge in [0.1, 0.15) is 5.82 Å². The van der Waals surface area contributed by atoms with Crippen molar-refractivity contribution in [1.82, 2.24) is 4.72 Å². The molecule has 0 spiro atoms. The van der Waals surface area contributed by atoms with Crippen LogP contribution in [0.1, 0.15) is 36.8 Å². The molecule has 1 rings (SSSR count). The lowest BCUT2D eigenvalue weighted by Gasteiger charge is -2.12. The van der Waals surface area contributed by atoms with Crippen LogP contribution in [0, 0.1) is 19.7 Å². The van der Waals surface area contributed by atoms with E-state index in [1.165, 1.54) is 12.1 Å². The number of aryl methyl sites for hydroxylation is 2. The third-order valence-corrected chi connectivity index (χ3v) is 4.88. The van der Waals surface area contributed by atoms with Crippen LogP contribution >= 0.6 is 0 Å². The molecule has 4 nitrogen and oxygen atoms in total. The lowest BCUT2D eigenvalue weighted by Crippen LogP contribution is -2.26. The van der Waals surface area contributed by atoms with Crippen LogP contribution in [0.3, 0.4) is 0 Å². The Morgan fingerprint density at radius 1 is 1.10 bits per heavy atom. The van der Waals surface area contributed by atoms with Gasteiger partial charge in [0.2, 0.25) is 10.0 Å². The molecule has 0 amide bonds. The molecule has 0 saturated heterocycles. The van der Waals surface area contributed by atoms with Gasteiger partial charge < -0.3 is 5.73 Å². The van der Waals surface area contributed by atoms with E-state index < -0.39 is 15.8 Å². The molecule has 0 aliphatic heterocycles. The van der Waals surface area contributed by atoms with Crippen molar-refractivity contribution < 1.29 is 12.8 Å². The minimum Gasteiger partial charge on any atom is -0.330 e. The first-order valence-electron chi connectivity index (χ1n) is 6.85. The van der Waals surface area contributed by atoms with Crippen LogP contribution in [0.25, 0.3) is 0 Å². The third kappa shape index (κ3) is 4.85. The molecule has 20 heavy (non-hydrogen) atoms. The number of nitrogens with two attached hydrogens (primary N) is 1. The molecule has 1 aromatic rings. The van der Waals surface area contributed by atoms with Crippen molar-refractivity contribution in [3.8, 4) is 0 Å². The van der Waals surface area contributed by atoms with Gasteiger partial charge in [-0.05, 0) is 56.5 Å². The van der Waals surface area contributed by atoms with E-state index in [0.717, 1.165) is 25.7 Å². The smallest absolute Gasteiger partial charge is 0.241 e. The number of unbranched alkanes of at least 4 members (excludes halogenated alkanes) is 3. The van der Waals surface area contributed by atoms with Gasteiger partial charge in [-0.2, -0.15) is 0 Å². The predicted molar refractivity (Wildman–Crippen MR) is 78.6 cm³/mol. The third-order valence-electron chi connectivity index (χ3n) is 3.12. The summed E-state index contributed by atoms with van der Waals surface area (Å²) in [6, 6.07) is 2.48. The van der Waals surface area contributed by atoms with Crippen molar-refractivity contribution in [3.05, 3.63) is 29.1 Å². The summed E-state index contributed by atoms with van der Waals surface area (Å²) in [5, 5.41) is 0. The van der Waals surface area contributed by atoms with Crippen molar-refractivity contribution in [2.45, 2.75) is 44.4 Å². The predicted octanol–water partition coefficient (Wildman–Crippen LogP) is 2.24. The normalized spacial score (nSPS) is 11.8. The van der Waals surface area contributed by atoms with E-state index in [4.69, 9.17) is 5.73 Å². The summed E-state index contributed by atoms with van der Waals surface area (Å²) in [6.07, 6.45) is 3.69. The molecule has 0 atom stereocenters. The van der Waals surface area contributed by atoms with Crippen LogP contribution in [0.15, 0.2) is 17.0 Å². The molecule has 6 heteroatoms. The average Bonchev–Trinajstić information content (AvgIpc) is 2.31. The number of nitrogens with one attached hydrogen (secondary N) is 1. The minimum absolute atomic E-state index is 0.181. The lowest BCUT2D eigenvalue weighted by molar-refractivity contribution is 0.570. The zero-order chi connectivity index (χ0) is 15.2. The standard InChI is InChI=1S/C14H23FN2O2S/c1-11-9-13(15)10-12(2)14(11)20(18,19)17-8-6-4-3-5-7-16/h9-10,17H,3-8,16H2,1-2H3. The second kappa shape index (κ2) is 7.71. The summed E-state index contributed by atoms with van der Waals surface area (Å²) in [6.45, 7) is 4.26. The summed E-state index contributed by atoms with van der Waals surface area (Å²) >= 11 is 0. The molecule has 114 valence electrons. The molecule has 0 aromatic heterocycles. The number of sulfonamides is 1. The fourth-order valence-electron chi connectivity index (χ4n) is 2.22. The first-order valence-corrected chi connectivity index (χ1v) is 8.33. The van der Waals surface area contributed by atoms with Crippen LogP contribution < -0.4 is 10.5 Å². The Bertz CT molecular complexity index is 521. The molecule has 0 aliphatic carbocycles. The van der Waals surface area contributed by atoms with Crippen LogP contribution in [-0.4, -0.2) is 21.5 Å². The molecule has 0 unspecified atom stereocenters. The number of halogens is 1. The van der Waals surface area contributed by atoms with Gasteiger partial charge in [0.05, 0.1) is 4.90 Å². The van der Waals surface area contributed by atoms with E-state index in [9.17, 15) is 12.8 Å². The lowest BCUT2D eigenvalue weighted by atomic mass is 10.1. The summed E-state index contributed by atoms with van der Waals surface area (Å²) in [5.41, 5.74) is 6.25. The molecule has 0 heterocycles. The Labute approximate surface area is 120 Å². The fraction of sp³-hybridized carbons (Fsp3) is 0.571. The molecule has 0 radical (unpaired) electrons. The quantitative estimate of drug-likeness (QED) is 0.723. The van der Waals surface area contributed by atoms with Crippen LogP contribution in [0.5, 0.6) is 0 Å².